The molecular formula is C40H54O2. The molecule has 226 valence electrons. The van der Waals surface area contributed by atoms with Gasteiger partial charge in [0, 0.05) is 0 Å². The van der Waals surface area contributed by atoms with Crippen LogP contribution < -0.4 is 0 Å². The predicted molar refractivity (Wildman–Crippen MR) is 179 cm³/mol. The van der Waals surface area contributed by atoms with E-state index in [9.17, 15) is 9.90 Å². The SMILES string of the molecule is CCCCCCCC1CCC(c2ccc(-c3ccccc3-c3ccc(CCCC(CCCC)C(=O)O)cc3)cc2)CC1. The average molecular weight is 567 g/mol. The van der Waals surface area contributed by atoms with E-state index in [-0.39, 0.29) is 5.92 Å². The van der Waals surface area contributed by atoms with Crippen LogP contribution in [0.3, 0.4) is 0 Å². The van der Waals surface area contributed by atoms with Gasteiger partial charge in [0.25, 0.3) is 0 Å². The fraction of sp³-hybridized carbons (Fsp3) is 0.525. The van der Waals surface area contributed by atoms with Gasteiger partial charge in [0.1, 0.15) is 0 Å². The fourth-order valence-corrected chi connectivity index (χ4v) is 6.99. The lowest BCUT2D eigenvalue weighted by atomic mass is 9.77. The number of hydrogen-bond acceptors (Lipinski definition) is 1. The molecule has 0 saturated heterocycles. The Morgan fingerprint density at radius 3 is 1.86 bits per heavy atom. The molecule has 2 nitrogen and oxygen atoms in total. The third kappa shape index (κ3) is 9.58. The van der Waals surface area contributed by atoms with Gasteiger partial charge in [-0.2, -0.15) is 0 Å². The Morgan fingerprint density at radius 2 is 1.26 bits per heavy atom. The van der Waals surface area contributed by atoms with Gasteiger partial charge in [-0.3, -0.25) is 4.79 Å². The van der Waals surface area contributed by atoms with Crippen LogP contribution in [0.5, 0.6) is 0 Å². The maximum Gasteiger partial charge on any atom is 0.306 e. The number of hydrogen-bond donors (Lipinski definition) is 1. The number of carbonyl (C=O) groups is 1. The Morgan fingerprint density at radius 1 is 0.690 bits per heavy atom. The van der Waals surface area contributed by atoms with E-state index in [4.69, 9.17) is 0 Å². The molecule has 4 rings (SSSR count). The zero-order chi connectivity index (χ0) is 29.6. The number of carboxylic acids is 1. The molecule has 42 heavy (non-hydrogen) atoms. The van der Waals surface area contributed by atoms with E-state index in [1.165, 1.54) is 97.6 Å². The zero-order valence-electron chi connectivity index (χ0n) is 26.3. The van der Waals surface area contributed by atoms with Crippen molar-refractivity contribution in [1.29, 1.82) is 0 Å². The molecule has 0 aromatic heterocycles. The zero-order valence-corrected chi connectivity index (χ0v) is 26.3. The second kappa shape index (κ2) is 17.3. The second-order valence-corrected chi connectivity index (χ2v) is 12.9. The molecule has 1 saturated carbocycles. The molecule has 0 amide bonds. The monoisotopic (exact) mass is 566 g/mol. The van der Waals surface area contributed by atoms with E-state index in [1.54, 1.807) is 0 Å². The van der Waals surface area contributed by atoms with Crippen LogP contribution in [0, 0.1) is 11.8 Å². The van der Waals surface area contributed by atoms with Crippen molar-refractivity contribution in [2.45, 2.75) is 122 Å². The van der Waals surface area contributed by atoms with Crippen LogP contribution in [0.2, 0.25) is 0 Å². The highest BCUT2D eigenvalue weighted by atomic mass is 16.4. The largest absolute Gasteiger partial charge is 0.481 e. The summed E-state index contributed by atoms with van der Waals surface area (Å²) in [7, 11) is 0. The lowest BCUT2D eigenvalue weighted by Gasteiger charge is -2.29. The molecule has 0 aliphatic heterocycles. The third-order valence-electron chi connectivity index (χ3n) is 9.72. The van der Waals surface area contributed by atoms with Gasteiger partial charge in [-0.15, -0.1) is 0 Å². The molecule has 1 fully saturated rings. The molecule has 3 aromatic rings. The summed E-state index contributed by atoms with van der Waals surface area (Å²) in [6.45, 7) is 4.42. The highest BCUT2D eigenvalue weighted by Gasteiger charge is 2.22. The molecule has 2 heteroatoms. The number of carboxylic acid groups (broad SMARTS) is 1. The van der Waals surface area contributed by atoms with Crippen LogP contribution in [0.4, 0.5) is 0 Å². The molecule has 1 atom stereocenters. The van der Waals surface area contributed by atoms with Crippen molar-refractivity contribution in [2.24, 2.45) is 11.8 Å². The van der Waals surface area contributed by atoms with E-state index >= 15 is 0 Å². The van der Waals surface area contributed by atoms with Crippen molar-refractivity contribution >= 4 is 5.97 Å². The predicted octanol–water partition coefficient (Wildman–Crippen LogP) is 11.9. The van der Waals surface area contributed by atoms with Crippen molar-refractivity contribution in [3.8, 4) is 22.3 Å². The van der Waals surface area contributed by atoms with E-state index in [2.05, 4.69) is 86.6 Å². The first-order valence-corrected chi connectivity index (χ1v) is 17.1. The topological polar surface area (TPSA) is 37.3 Å². The van der Waals surface area contributed by atoms with Crippen LogP contribution in [-0.2, 0) is 11.2 Å². The summed E-state index contributed by atoms with van der Waals surface area (Å²) in [4.78, 5) is 11.6. The van der Waals surface area contributed by atoms with Crippen LogP contribution in [0.15, 0.2) is 72.8 Å². The van der Waals surface area contributed by atoms with Crippen LogP contribution >= 0.6 is 0 Å². The molecule has 0 radical (unpaired) electrons. The molecule has 0 spiro atoms. The van der Waals surface area contributed by atoms with Crippen molar-refractivity contribution in [3.05, 3.63) is 83.9 Å². The average Bonchev–Trinajstić information content (AvgIpc) is 3.03. The highest BCUT2D eigenvalue weighted by molar-refractivity contribution is 5.83. The summed E-state index contributed by atoms with van der Waals surface area (Å²) in [6, 6.07) is 27.1. The van der Waals surface area contributed by atoms with Gasteiger partial charge in [0.15, 0.2) is 0 Å². The Hall–Kier alpha value is -2.87. The first-order chi connectivity index (χ1) is 20.6. The van der Waals surface area contributed by atoms with Crippen molar-refractivity contribution < 1.29 is 9.90 Å². The van der Waals surface area contributed by atoms with Crippen LogP contribution in [0.1, 0.15) is 127 Å². The van der Waals surface area contributed by atoms with Gasteiger partial charge in [0.05, 0.1) is 5.92 Å². The fourth-order valence-electron chi connectivity index (χ4n) is 6.99. The van der Waals surface area contributed by atoms with E-state index < -0.39 is 5.97 Å². The standard InChI is InChI=1S/C40H54O2/c1-3-5-7-8-9-13-31-19-23-33(24-20-31)34-27-29-36(30-28-34)39-18-11-10-17-38(39)35-25-21-32(22-26-35)14-12-16-37(40(41)42)15-6-4-2/h10-11,17-18,21-22,25-31,33,37H,3-9,12-16,19-20,23-24H2,1-2H3,(H,41,42). The summed E-state index contributed by atoms with van der Waals surface area (Å²) >= 11 is 0. The van der Waals surface area contributed by atoms with Gasteiger partial charge in [0.2, 0.25) is 0 Å². The lowest BCUT2D eigenvalue weighted by Crippen LogP contribution is -2.13. The van der Waals surface area contributed by atoms with Crippen molar-refractivity contribution in [3.63, 3.8) is 0 Å². The summed E-state index contributed by atoms with van der Waals surface area (Å²) in [5.74, 6) is 0.824. The highest BCUT2D eigenvalue weighted by Crippen LogP contribution is 2.39. The molecule has 1 unspecified atom stereocenters. The lowest BCUT2D eigenvalue weighted by molar-refractivity contribution is -0.142. The van der Waals surface area contributed by atoms with E-state index in [0.29, 0.717) is 0 Å². The van der Waals surface area contributed by atoms with Crippen molar-refractivity contribution in [1.82, 2.24) is 0 Å². The van der Waals surface area contributed by atoms with Gasteiger partial charge in [-0.25, -0.2) is 0 Å². The van der Waals surface area contributed by atoms with E-state index in [0.717, 1.165) is 50.4 Å². The summed E-state index contributed by atoms with van der Waals surface area (Å²) < 4.78 is 0. The first-order valence-electron chi connectivity index (χ1n) is 17.1. The van der Waals surface area contributed by atoms with Gasteiger partial charge in [-0.1, -0.05) is 138 Å². The van der Waals surface area contributed by atoms with Gasteiger partial charge < -0.3 is 5.11 Å². The summed E-state index contributed by atoms with van der Waals surface area (Å²) in [6.07, 6.45) is 19.4. The Labute approximate surface area is 256 Å². The summed E-state index contributed by atoms with van der Waals surface area (Å²) in [5.41, 5.74) is 7.86. The van der Waals surface area contributed by atoms with Crippen LogP contribution in [-0.4, -0.2) is 11.1 Å². The van der Waals surface area contributed by atoms with Gasteiger partial charge in [-0.05, 0) is 96.6 Å². The number of unbranched alkanes of at least 4 members (excludes halogenated alkanes) is 5. The molecule has 0 heterocycles. The smallest absolute Gasteiger partial charge is 0.306 e. The Balaban J connectivity index is 1.32. The minimum absolute atomic E-state index is 0.206. The summed E-state index contributed by atoms with van der Waals surface area (Å²) in [5, 5.41) is 9.52. The Kier molecular flexibility index (Phi) is 13.2. The first kappa shape index (κ1) is 32.1. The maximum atomic E-state index is 11.6. The molecule has 3 aromatic carbocycles. The third-order valence-corrected chi connectivity index (χ3v) is 9.72. The minimum atomic E-state index is -0.640. The minimum Gasteiger partial charge on any atom is -0.481 e. The molecule has 1 aliphatic rings. The molecular weight excluding hydrogens is 512 g/mol. The quantitative estimate of drug-likeness (QED) is 0.165. The maximum absolute atomic E-state index is 11.6. The molecule has 0 bridgehead atoms. The van der Waals surface area contributed by atoms with Crippen LogP contribution in [0.25, 0.3) is 22.3 Å². The molecule has 1 N–H and O–H groups in total. The number of aliphatic carboxylic acids is 1. The van der Waals surface area contributed by atoms with E-state index in [1.807, 2.05) is 0 Å². The molecule has 1 aliphatic carbocycles. The second-order valence-electron chi connectivity index (χ2n) is 12.9. The number of aryl methyl sites for hydroxylation is 1. The number of rotatable bonds is 17. The van der Waals surface area contributed by atoms with Gasteiger partial charge >= 0.3 is 5.97 Å². The Bertz CT molecular complexity index is 1190. The normalized spacial score (nSPS) is 17.7. The van der Waals surface area contributed by atoms with Crippen molar-refractivity contribution in [2.75, 3.05) is 0 Å². The number of benzene rings is 3.